The first kappa shape index (κ1) is 21.6. The topological polar surface area (TPSA) is 56.9 Å². The van der Waals surface area contributed by atoms with Gasteiger partial charge in [-0.25, -0.2) is 0 Å². The van der Waals surface area contributed by atoms with Crippen molar-refractivity contribution in [1.82, 2.24) is 15.2 Å². The van der Waals surface area contributed by atoms with Gasteiger partial charge < -0.3 is 5.73 Å². The molecule has 1 aromatic rings. The van der Waals surface area contributed by atoms with E-state index >= 15 is 0 Å². The zero-order valence-electron chi connectivity index (χ0n) is 15.2. The summed E-state index contributed by atoms with van der Waals surface area (Å²) in [5, 5.41) is 5.50. The monoisotopic (exact) mass is 457 g/mol. The Morgan fingerprint density at radius 1 is 1.25 bits per heavy atom. The second kappa shape index (κ2) is 9.57. The zero-order chi connectivity index (χ0) is 20.1. The maximum absolute atomic E-state index is 6.85. The molecule has 0 spiro atoms. The quantitative estimate of drug-likeness (QED) is 0.176. The Kier molecular flexibility index (Phi) is 7.36. The van der Waals surface area contributed by atoms with Crippen LogP contribution in [0, 0.1) is 5.92 Å². The van der Waals surface area contributed by atoms with Gasteiger partial charge in [0, 0.05) is 54.9 Å². The second-order valence-electron chi connectivity index (χ2n) is 6.78. The summed E-state index contributed by atoms with van der Waals surface area (Å²) in [6.07, 6.45) is 9.81. The second-order valence-corrected chi connectivity index (χ2v) is 8.67. The van der Waals surface area contributed by atoms with E-state index in [1.165, 1.54) is 0 Å². The van der Waals surface area contributed by atoms with Gasteiger partial charge in [0.2, 0.25) is 0 Å². The Labute approximate surface area is 185 Å². The first-order valence-corrected chi connectivity index (χ1v) is 10.5. The maximum Gasteiger partial charge on any atom is 0.184 e. The van der Waals surface area contributed by atoms with Crippen molar-refractivity contribution >= 4 is 58.3 Å². The van der Waals surface area contributed by atoms with Gasteiger partial charge in [-0.1, -0.05) is 53.0 Å². The van der Waals surface area contributed by atoms with Crippen LogP contribution in [-0.4, -0.2) is 52.3 Å². The van der Waals surface area contributed by atoms with E-state index in [-0.39, 0.29) is 11.0 Å². The predicted octanol–water partition coefficient (Wildman–Crippen LogP) is 3.61. The first-order chi connectivity index (χ1) is 13.4. The number of rotatable bonds is 5. The average Bonchev–Trinajstić information content (AvgIpc) is 2.66. The summed E-state index contributed by atoms with van der Waals surface area (Å²) in [6.45, 7) is 4.37. The van der Waals surface area contributed by atoms with Gasteiger partial charge in [-0.05, 0) is 42.1 Å². The minimum atomic E-state index is -0.606. The number of alkyl halides is 1. The van der Waals surface area contributed by atoms with Crippen molar-refractivity contribution in [3.8, 4) is 0 Å². The van der Waals surface area contributed by atoms with Crippen LogP contribution < -0.4 is 11.2 Å². The molecule has 0 amide bonds. The number of nitrogens with zero attached hydrogens (tertiary/aromatic N) is 3. The lowest BCUT2D eigenvalue weighted by molar-refractivity contribution is 0.107. The highest BCUT2D eigenvalue weighted by Crippen LogP contribution is 2.31. The molecule has 0 bridgehead atoms. The molecule has 0 unspecified atom stereocenters. The molecular formula is C19H22Cl3N5S. The normalized spacial score (nSPS) is 26.0. The van der Waals surface area contributed by atoms with Gasteiger partial charge in [-0.3, -0.25) is 15.2 Å². The van der Waals surface area contributed by atoms with Crippen LogP contribution in [0.4, 0.5) is 0 Å². The number of piperazine rings is 1. The van der Waals surface area contributed by atoms with Gasteiger partial charge in [0.05, 0.1) is 0 Å². The van der Waals surface area contributed by atoms with Crippen LogP contribution in [0.1, 0.15) is 5.56 Å². The third-order valence-corrected chi connectivity index (χ3v) is 5.96. The molecular weight excluding hydrogens is 437 g/mol. The van der Waals surface area contributed by atoms with Crippen molar-refractivity contribution in [2.75, 3.05) is 26.2 Å². The van der Waals surface area contributed by atoms with E-state index in [0.29, 0.717) is 10.0 Å². The summed E-state index contributed by atoms with van der Waals surface area (Å²) < 4.78 is 0. The molecule has 0 aromatic heterocycles. The Morgan fingerprint density at radius 2 is 1.93 bits per heavy atom. The lowest BCUT2D eigenvalue weighted by atomic mass is 10.00. The number of thiocarbonyl (C=S) groups is 1. The summed E-state index contributed by atoms with van der Waals surface area (Å²) in [4.78, 5) is 4.03. The fourth-order valence-electron chi connectivity index (χ4n) is 3.25. The summed E-state index contributed by atoms with van der Waals surface area (Å²) in [6, 6.07) is 5.65. The molecule has 0 radical (unpaired) electrons. The van der Waals surface area contributed by atoms with Gasteiger partial charge in [0.1, 0.15) is 5.00 Å². The van der Waals surface area contributed by atoms with E-state index in [9.17, 15) is 0 Å². The van der Waals surface area contributed by atoms with Gasteiger partial charge in [0.15, 0.2) is 5.11 Å². The third-order valence-electron chi connectivity index (χ3n) is 4.79. The minimum Gasteiger partial charge on any atom is -0.375 e. The van der Waals surface area contributed by atoms with Gasteiger partial charge in [0.25, 0.3) is 0 Å². The van der Waals surface area contributed by atoms with Crippen molar-refractivity contribution in [3.05, 3.63) is 58.1 Å². The van der Waals surface area contributed by atoms with E-state index in [4.69, 9.17) is 52.8 Å². The van der Waals surface area contributed by atoms with Gasteiger partial charge in [-0.2, -0.15) is 5.10 Å². The van der Waals surface area contributed by atoms with Gasteiger partial charge >= 0.3 is 0 Å². The average molecular weight is 459 g/mol. The molecule has 0 atom stereocenters. The number of nitrogens with one attached hydrogen (secondary N) is 1. The van der Waals surface area contributed by atoms with Crippen molar-refractivity contribution < 1.29 is 0 Å². The lowest BCUT2D eigenvalue weighted by Crippen LogP contribution is -2.53. The fourth-order valence-corrected chi connectivity index (χ4v) is 4.08. The lowest BCUT2D eigenvalue weighted by Gasteiger charge is -2.42. The van der Waals surface area contributed by atoms with Crippen LogP contribution in [-0.2, 0) is 6.54 Å². The Hall–Kier alpha value is -1.15. The van der Waals surface area contributed by atoms with E-state index in [0.717, 1.165) is 38.3 Å². The van der Waals surface area contributed by atoms with Crippen LogP contribution >= 0.6 is 47.0 Å². The van der Waals surface area contributed by atoms with Crippen LogP contribution in [0.15, 0.2) is 47.6 Å². The maximum atomic E-state index is 6.85. The molecule has 9 heteroatoms. The molecule has 28 heavy (non-hydrogen) atoms. The molecule has 1 aliphatic carbocycles. The zero-order valence-corrected chi connectivity index (χ0v) is 18.3. The number of hydrazone groups is 1. The Morgan fingerprint density at radius 3 is 2.54 bits per heavy atom. The minimum absolute atomic E-state index is 0.0575. The summed E-state index contributed by atoms with van der Waals surface area (Å²) in [5.74, 6) is 0.0575. The van der Waals surface area contributed by atoms with Gasteiger partial charge in [-0.15, -0.1) is 0 Å². The molecule has 1 aliphatic heterocycles. The number of halogens is 3. The molecule has 1 heterocycles. The third kappa shape index (κ3) is 5.69. The Bertz CT molecular complexity index is 789. The van der Waals surface area contributed by atoms with Crippen LogP contribution in [0.25, 0.3) is 0 Å². The van der Waals surface area contributed by atoms with Crippen LogP contribution in [0.3, 0.4) is 0 Å². The van der Waals surface area contributed by atoms with Crippen molar-refractivity contribution in [3.63, 3.8) is 0 Å². The largest absolute Gasteiger partial charge is 0.375 e. The molecule has 150 valence electrons. The smallest absolute Gasteiger partial charge is 0.184 e. The SMILES string of the molecule is NC(=S)N/N=C/C1C=CC(Cl)(N2CCN(Cc3ccc(Cl)cc3Cl)CC2)C=C1. The first-order valence-electron chi connectivity index (χ1n) is 8.93. The van der Waals surface area contributed by atoms with Crippen molar-refractivity contribution in [2.24, 2.45) is 16.8 Å². The number of hydrogen-bond donors (Lipinski definition) is 2. The highest BCUT2D eigenvalue weighted by atomic mass is 35.5. The van der Waals surface area contributed by atoms with E-state index in [1.54, 1.807) is 12.3 Å². The number of benzene rings is 1. The molecule has 3 N–H and O–H groups in total. The highest BCUT2D eigenvalue weighted by Gasteiger charge is 2.33. The van der Waals surface area contributed by atoms with E-state index in [1.807, 2.05) is 36.4 Å². The molecule has 1 fully saturated rings. The summed E-state index contributed by atoms with van der Waals surface area (Å²) >= 11 is 23.8. The fraction of sp³-hybridized carbons (Fsp3) is 0.368. The highest BCUT2D eigenvalue weighted by molar-refractivity contribution is 7.80. The molecule has 3 rings (SSSR count). The summed E-state index contributed by atoms with van der Waals surface area (Å²) in [7, 11) is 0. The predicted molar refractivity (Wildman–Crippen MR) is 122 cm³/mol. The molecule has 1 aromatic carbocycles. The summed E-state index contributed by atoms with van der Waals surface area (Å²) in [5.41, 5.74) is 8.99. The van der Waals surface area contributed by atoms with E-state index < -0.39 is 5.00 Å². The van der Waals surface area contributed by atoms with Crippen molar-refractivity contribution in [2.45, 2.75) is 11.5 Å². The molecule has 1 saturated heterocycles. The number of nitrogens with two attached hydrogens (primary N) is 1. The molecule has 5 nitrogen and oxygen atoms in total. The van der Waals surface area contributed by atoms with Crippen molar-refractivity contribution in [1.29, 1.82) is 0 Å². The van der Waals surface area contributed by atoms with Crippen LogP contribution in [0.5, 0.6) is 0 Å². The number of hydrogen-bond acceptors (Lipinski definition) is 4. The Balaban J connectivity index is 1.52. The van der Waals surface area contributed by atoms with Crippen LogP contribution in [0.2, 0.25) is 10.0 Å². The standard InChI is InChI=1S/C19H22Cl3N5S/c20-16-2-1-15(17(21)11-16)13-26-7-9-27(10-8-26)19(22)5-3-14(4-6-19)12-24-25-18(23)28/h1-6,11-12,14H,7-10,13H2,(H3,23,25,28)/b24-12+. The molecule has 0 saturated carbocycles. The van der Waals surface area contributed by atoms with E-state index in [2.05, 4.69) is 20.3 Å². The number of allylic oxidation sites excluding steroid dienone is 2. The molecule has 2 aliphatic rings.